The molecule has 0 aliphatic carbocycles. The number of benzene rings is 2. The molecule has 10 heteroatoms. The molecule has 0 saturated carbocycles. The second-order valence-corrected chi connectivity index (χ2v) is 10.8. The molecule has 0 bridgehead atoms. The predicted molar refractivity (Wildman–Crippen MR) is 171 cm³/mol. The van der Waals surface area contributed by atoms with E-state index in [0.29, 0.717) is 16.5 Å². The van der Waals surface area contributed by atoms with Gasteiger partial charge in [0.1, 0.15) is 12.4 Å². The number of ether oxygens (including phenoxy) is 2. The number of nitrogens with zero attached hydrogens (tertiary/aromatic N) is 4. The van der Waals surface area contributed by atoms with Gasteiger partial charge in [-0.25, -0.2) is 0 Å². The average Bonchev–Trinajstić information content (AvgIpc) is 3.48. The van der Waals surface area contributed by atoms with Crippen LogP contribution in [0, 0.1) is 13.8 Å². The van der Waals surface area contributed by atoms with Gasteiger partial charge in [-0.2, -0.15) is 0 Å². The summed E-state index contributed by atoms with van der Waals surface area (Å²) < 4.78 is 12.8. The Kier molecular flexibility index (Phi) is 8.46. The van der Waals surface area contributed by atoms with E-state index in [4.69, 9.17) is 26.7 Å². The van der Waals surface area contributed by atoms with E-state index in [-0.39, 0.29) is 24.6 Å². The molecule has 1 fully saturated rings. The number of amides is 1. The highest BCUT2D eigenvalue weighted by molar-refractivity contribution is 7.80. The number of anilines is 3. The number of nitrogens with one attached hydrogen (secondary N) is 2. The van der Waals surface area contributed by atoms with Crippen molar-refractivity contribution in [1.29, 1.82) is 0 Å². The number of carbonyl (C=O) groups is 1. The Morgan fingerprint density at radius 1 is 1.05 bits per heavy atom. The number of carbonyl (C=O) groups excluding carboxylic acids is 1. The van der Waals surface area contributed by atoms with Crippen LogP contribution in [0.5, 0.6) is 5.75 Å². The van der Waals surface area contributed by atoms with Gasteiger partial charge in [-0.3, -0.25) is 9.78 Å². The van der Waals surface area contributed by atoms with Crippen LogP contribution in [-0.4, -0.2) is 55.5 Å². The van der Waals surface area contributed by atoms with Crippen LogP contribution in [0.15, 0.2) is 72.9 Å². The van der Waals surface area contributed by atoms with Gasteiger partial charge < -0.3 is 34.5 Å². The largest absolute Gasteiger partial charge is 0.495 e. The van der Waals surface area contributed by atoms with E-state index in [1.807, 2.05) is 50.5 Å². The summed E-state index contributed by atoms with van der Waals surface area (Å²) in [6.45, 7) is 4.19. The molecule has 3 heterocycles. The number of thiocarbonyl (C=S) groups is 1. The molecule has 2 aromatic carbocycles. The van der Waals surface area contributed by atoms with Crippen LogP contribution in [0.1, 0.15) is 34.7 Å². The predicted octanol–water partition coefficient (Wildman–Crippen LogP) is 5.33. The summed E-state index contributed by atoms with van der Waals surface area (Å²) in [4.78, 5) is 21.3. The highest BCUT2D eigenvalue weighted by atomic mass is 32.1. The van der Waals surface area contributed by atoms with Gasteiger partial charge in [-0.15, -0.1) is 0 Å². The van der Waals surface area contributed by atoms with E-state index in [1.165, 1.54) is 7.11 Å². The molecule has 1 aliphatic heterocycles. The van der Waals surface area contributed by atoms with E-state index in [9.17, 15) is 4.79 Å². The molecule has 9 nitrogen and oxygen atoms in total. The molecule has 4 aromatic rings. The SMILES string of the molecule is COCC(=O)Nc1cc(N2C(=S)N[C@H](c3ccccn3)[C@@H]2c2cc(C)n(-c3ccc(N(C)C)cc3)c2C)ccc1OC. The molecule has 2 atom stereocenters. The number of aromatic nitrogens is 2. The summed E-state index contributed by atoms with van der Waals surface area (Å²) in [6, 6.07) is 21.9. The first kappa shape index (κ1) is 29.1. The fourth-order valence-electron chi connectivity index (χ4n) is 5.59. The first-order chi connectivity index (χ1) is 20.2. The first-order valence-electron chi connectivity index (χ1n) is 13.7. The van der Waals surface area contributed by atoms with Crippen molar-refractivity contribution in [2.45, 2.75) is 25.9 Å². The lowest BCUT2D eigenvalue weighted by atomic mass is 9.96. The molecule has 0 spiro atoms. The number of aryl methyl sites for hydroxylation is 1. The third-order valence-electron chi connectivity index (χ3n) is 7.52. The Morgan fingerprint density at radius 3 is 2.43 bits per heavy atom. The van der Waals surface area contributed by atoms with Crippen LogP contribution >= 0.6 is 12.2 Å². The molecule has 0 radical (unpaired) electrons. The average molecular weight is 585 g/mol. The molecular formula is C32H36N6O3S. The van der Waals surface area contributed by atoms with Gasteiger partial charge in [0.05, 0.1) is 30.6 Å². The third-order valence-corrected chi connectivity index (χ3v) is 7.84. The molecule has 0 unspecified atom stereocenters. The van der Waals surface area contributed by atoms with Crippen molar-refractivity contribution < 1.29 is 14.3 Å². The lowest BCUT2D eigenvalue weighted by Gasteiger charge is -2.29. The van der Waals surface area contributed by atoms with Crippen LogP contribution in [0.25, 0.3) is 5.69 Å². The fraction of sp³-hybridized carbons (Fsp3) is 0.281. The molecule has 218 valence electrons. The number of methoxy groups -OCH3 is 2. The Labute approximate surface area is 252 Å². The van der Waals surface area contributed by atoms with E-state index < -0.39 is 0 Å². The maximum absolute atomic E-state index is 12.4. The number of hydrogen-bond acceptors (Lipinski definition) is 6. The summed E-state index contributed by atoms with van der Waals surface area (Å²) in [5.41, 5.74) is 7.79. The van der Waals surface area contributed by atoms with Crippen molar-refractivity contribution in [3.63, 3.8) is 0 Å². The fourth-order valence-corrected chi connectivity index (χ4v) is 5.94. The van der Waals surface area contributed by atoms with Crippen LogP contribution in [-0.2, 0) is 9.53 Å². The van der Waals surface area contributed by atoms with Gasteiger partial charge in [-0.1, -0.05) is 6.07 Å². The van der Waals surface area contributed by atoms with Crippen molar-refractivity contribution >= 4 is 40.3 Å². The third kappa shape index (κ3) is 5.55. The minimum absolute atomic E-state index is 0.0665. The van der Waals surface area contributed by atoms with Gasteiger partial charge in [0.2, 0.25) is 5.91 Å². The summed E-state index contributed by atoms with van der Waals surface area (Å²) >= 11 is 5.96. The van der Waals surface area contributed by atoms with E-state index in [2.05, 4.69) is 69.2 Å². The summed E-state index contributed by atoms with van der Waals surface area (Å²) in [5, 5.41) is 7.00. The lowest BCUT2D eigenvalue weighted by Crippen LogP contribution is -2.29. The lowest BCUT2D eigenvalue weighted by molar-refractivity contribution is -0.119. The highest BCUT2D eigenvalue weighted by Gasteiger charge is 2.42. The van der Waals surface area contributed by atoms with E-state index in [0.717, 1.165) is 39.7 Å². The van der Waals surface area contributed by atoms with Crippen LogP contribution < -0.4 is 25.2 Å². The molecule has 1 aliphatic rings. The molecular weight excluding hydrogens is 548 g/mol. The topological polar surface area (TPSA) is 83.9 Å². The maximum atomic E-state index is 12.4. The van der Waals surface area contributed by atoms with E-state index >= 15 is 0 Å². The molecule has 42 heavy (non-hydrogen) atoms. The van der Waals surface area contributed by atoms with Crippen LogP contribution in [0.2, 0.25) is 0 Å². The maximum Gasteiger partial charge on any atom is 0.250 e. The quantitative estimate of drug-likeness (QED) is 0.256. The van der Waals surface area contributed by atoms with Crippen molar-refractivity contribution in [2.75, 3.05) is 50.0 Å². The Hall–Kier alpha value is -4.41. The van der Waals surface area contributed by atoms with Crippen molar-refractivity contribution in [1.82, 2.24) is 14.9 Å². The molecule has 1 saturated heterocycles. The highest BCUT2D eigenvalue weighted by Crippen LogP contribution is 2.45. The Bertz CT molecular complexity index is 1590. The van der Waals surface area contributed by atoms with Gasteiger partial charge in [0.25, 0.3) is 0 Å². The van der Waals surface area contributed by atoms with Crippen molar-refractivity contribution in [2.24, 2.45) is 0 Å². The number of hydrogen-bond donors (Lipinski definition) is 2. The Balaban J connectivity index is 1.63. The van der Waals surface area contributed by atoms with Gasteiger partial charge >= 0.3 is 0 Å². The van der Waals surface area contributed by atoms with Crippen molar-refractivity contribution in [3.8, 4) is 11.4 Å². The van der Waals surface area contributed by atoms with Gasteiger partial charge in [0, 0.05) is 55.9 Å². The second kappa shape index (κ2) is 12.2. The first-order valence-corrected chi connectivity index (χ1v) is 14.1. The minimum Gasteiger partial charge on any atom is -0.495 e. The second-order valence-electron chi connectivity index (χ2n) is 10.4. The zero-order valence-electron chi connectivity index (χ0n) is 24.7. The molecule has 2 aromatic heterocycles. The number of pyridine rings is 1. The summed E-state index contributed by atoms with van der Waals surface area (Å²) in [6.07, 6.45) is 1.80. The summed E-state index contributed by atoms with van der Waals surface area (Å²) in [5.74, 6) is 0.264. The minimum atomic E-state index is -0.276. The van der Waals surface area contributed by atoms with Gasteiger partial charge in [0.15, 0.2) is 5.11 Å². The standard InChI is InChI=1S/C32H36N6O3S/c1-20-17-25(21(2)37(20)23-12-10-22(11-13-23)36(3)4)31-30(26-9-7-8-16-33-26)35-32(42)38(31)24-14-15-28(41-6)27(18-24)34-29(39)19-40-5/h7-18,30-31H,19H2,1-6H3,(H,34,39)(H,35,42)/t30-,31+/m1/s1. The zero-order chi connectivity index (χ0) is 30.0. The smallest absolute Gasteiger partial charge is 0.250 e. The van der Waals surface area contributed by atoms with Crippen LogP contribution in [0.3, 0.4) is 0 Å². The van der Waals surface area contributed by atoms with Crippen LogP contribution in [0.4, 0.5) is 17.1 Å². The molecule has 5 rings (SSSR count). The summed E-state index contributed by atoms with van der Waals surface area (Å²) in [7, 11) is 7.13. The monoisotopic (exact) mass is 584 g/mol. The Morgan fingerprint density at radius 2 is 1.79 bits per heavy atom. The number of rotatable bonds is 9. The molecule has 2 N–H and O–H groups in total. The zero-order valence-corrected chi connectivity index (χ0v) is 25.5. The van der Waals surface area contributed by atoms with Gasteiger partial charge in [-0.05, 0) is 92.3 Å². The van der Waals surface area contributed by atoms with E-state index in [1.54, 1.807) is 13.3 Å². The molecule has 1 amide bonds. The van der Waals surface area contributed by atoms with Crippen molar-refractivity contribution in [3.05, 3.63) is 95.6 Å². The normalized spacial score (nSPS) is 16.3.